The fourth-order valence-corrected chi connectivity index (χ4v) is 1.48. The number of nitrogen functional groups attached to an aromatic ring is 1. The maximum atomic E-state index is 9.63. The monoisotopic (exact) mass is 208 g/mol. The van der Waals surface area contributed by atoms with E-state index in [1.54, 1.807) is 12.4 Å². The lowest BCUT2D eigenvalue weighted by Crippen LogP contribution is -2.14. The molecule has 3 heteroatoms. The summed E-state index contributed by atoms with van der Waals surface area (Å²) in [5.41, 5.74) is 7.67. The zero-order valence-electron chi connectivity index (χ0n) is 9.48. The van der Waals surface area contributed by atoms with Crippen LogP contribution in [0.2, 0.25) is 0 Å². The zero-order chi connectivity index (χ0) is 11.3. The first kappa shape index (κ1) is 12.0. The van der Waals surface area contributed by atoms with Gasteiger partial charge in [0.05, 0.1) is 6.10 Å². The van der Waals surface area contributed by atoms with Gasteiger partial charge in [0, 0.05) is 18.1 Å². The average molecular weight is 208 g/mol. The Morgan fingerprint density at radius 3 is 2.80 bits per heavy atom. The Labute approximate surface area is 91.3 Å². The van der Waals surface area contributed by atoms with E-state index in [0.717, 1.165) is 30.5 Å². The molecule has 0 saturated heterocycles. The van der Waals surface area contributed by atoms with Crippen LogP contribution in [0, 0.1) is 5.92 Å². The van der Waals surface area contributed by atoms with Crippen molar-refractivity contribution in [2.75, 3.05) is 5.73 Å². The van der Waals surface area contributed by atoms with Crippen molar-refractivity contribution < 1.29 is 5.11 Å². The van der Waals surface area contributed by atoms with Crippen molar-refractivity contribution in [2.45, 2.75) is 39.2 Å². The first-order chi connectivity index (χ1) is 7.11. The van der Waals surface area contributed by atoms with Crippen LogP contribution in [0.4, 0.5) is 5.69 Å². The highest BCUT2D eigenvalue weighted by Gasteiger charge is 2.08. The predicted octanol–water partition coefficient (Wildman–Crippen LogP) is 2.00. The van der Waals surface area contributed by atoms with Gasteiger partial charge in [0.2, 0.25) is 0 Å². The third kappa shape index (κ3) is 3.88. The molecule has 0 aliphatic carbocycles. The largest absolute Gasteiger partial charge is 0.398 e. The van der Waals surface area contributed by atoms with Gasteiger partial charge in [-0.2, -0.15) is 0 Å². The number of aliphatic hydroxyl groups is 1. The number of rotatable bonds is 5. The molecule has 1 atom stereocenters. The van der Waals surface area contributed by atoms with Gasteiger partial charge in [0.25, 0.3) is 0 Å². The number of aryl methyl sites for hydroxylation is 1. The molecule has 1 unspecified atom stereocenters. The van der Waals surface area contributed by atoms with E-state index in [9.17, 15) is 5.11 Å². The average Bonchev–Trinajstić information content (AvgIpc) is 2.20. The van der Waals surface area contributed by atoms with Gasteiger partial charge in [-0.3, -0.25) is 4.98 Å². The lowest BCUT2D eigenvalue weighted by atomic mass is 10.00. The second kappa shape index (κ2) is 5.71. The van der Waals surface area contributed by atoms with Crippen molar-refractivity contribution in [3.8, 4) is 0 Å². The highest BCUT2D eigenvalue weighted by molar-refractivity contribution is 5.44. The minimum Gasteiger partial charge on any atom is -0.398 e. The Morgan fingerprint density at radius 2 is 2.20 bits per heavy atom. The summed E-state index contributed by atoms with van der Waals surface area (Å²) in [7, 11) is 0. The van der Waals surface area contributed by atoms with E-state index in [4.69, 9.17) is 5.73 Å². The van der Waals surface area contributed by atoms with E-state index in [0.29, 0.717) is 5.92 Å². The van der Waals surface area contributed by atoms with Crippen molar-refractivity contribution >= 4 is 5.69 Å². The molecule has 0 radical (unpaired) electrons. The summed E-state index contributed by atoms with van der Waals surface area (Å²) in [4.78, 5) is 4.04. The number of aliphatic hydroxyl groups excluding tert-OH is 1. The lowest BCUT2D eigenvalue weighted by Gasteiger charge is -2.14. The van der Waals surface area contributed by atoms with Crippen LogP contribution in [0.1, 0.15) is 32.3 Å². The first-order valence-corrected chi connectivity index (χ1v) is 5.47. The van der Waals surface area contributed by atoms with Crippen LogP contribution in [-0.4, -0.2) is 16.2 Å². The summed E-state index contributed by atoms with van der Waals surface area (Å²) in [6.07, 6.45) is 5.96. The summed E-state index contributed by atoms with van der Waals surface area (Å²) in [6, 6.07) is 1.81. The number of pyridine rings is 1. The Morgan fingerprint density at radius 1 is 1.47 bits per heavy atom. The third-order valence-corrected chi connectivity index (χ3v) is 2.66. The molecule has 0 aromatic carbocycles. The molecule has 3 nitrogen and oxygen atoms in total. The van der Waals surface area contributed by atoms with Crippen molar-refractivity contribution in [1.29, 1.82) is 0 Å². The SMILES string of the molecule is CC(C)C(O)CCCc1cnccc1N. The molecule has 0 aliphatic rings. The van der Waals surface area contributed by atoms with Gasteiger partial charge in [0.1, 0.15) is 0 Å². The van der Waals surface area contributed by atoms with Gasteiger partial charge in [-0.25, -0.2) is 0 Å². The van der Waals surface area contributed by atoms with Crippen molar-refractivity contribution in [1.82, 2.24) is 4.98 Å². The molecule has 0 spiro atoms. The molecular weight excluding hydrogens is 188 g/mol. The van der Waals surface area contributed by atoms with Gasteiger partial charge in [-0.15, -0.1) is 0 Å². The Balaban J connectivity index is 2.35. The molecule has 1 rings (SSSR count). The van der Waals surface area contributed by atoms with Crippen LogP contribution in [-0.2, 0) is 6.42 Å². The van der Waals surface area contributed by atoms with Crippen molar-refractivity contribution in [3.05, 3.63) is 24.0 Å². The summed E-state index contributed by atoms with van der Waals surface area (Å²) < 4.78 is 0. The molecule has 15 heavy (non-hydrogen) atoms. The highest BCUT2D eigenvalue weighted by atomic mass is 16.3. The minimum atomic E-state index is -0.206. The molecule has 1 heterocycles. The highest BCUT2D eigenvalue weighted by Crippen LogP contribution is 2.15. The van der Waals surface area contributed by atoms with Gasteiger partial charge in [-0.1, -0.05) is 13.8 Å². The van der Waals surface area contributed by atoms with Crippen LogP contribution in [0.5, 0.6) is 0 Å². The fraction of sp³-hybridized carbons (Fsp3) is 0.583. The molecule has 0 aliphatic heterocycles. The van der Waals surface area contributed by atoms with Crippen molar-refractivity contribution in [3.63, 3.8) is 0 Å². The predicted molar refractivity (Wildman–Crippen MR) is 62.4 cm³/mol. The van der Waals surface area contributed by atoms with Gasteiger partial charge in [-0.05, 0) is 36.8 Å². The van der Waals surface area contributed by atoms with Crippen LogP contribution < -0.4 is 5.73 Å². The fourth-order valence-electron chi connectivity index (χ4n) is 1.48. The summed E-state index contributed by atoms with van der Waals surface area (Å²) in [5.74, 6) is 0.330. The number of hydrogen-bond acceptors (Lipinski definition) is 3. The lowest BCUT2D eigenvalue weighted by molar-refractivity contribution is 0.114. The maximum absolute atomic E-state index is 9.63. The zero-order valence-corrected chi connectivity index (χ0v) is 9.48. The van der Waals surface area contributed by atoms with Crippen LogP contribution in [0.3, 0.4) is 0 Å². The Kier molecular flexibility index (Phi) is 4.56. The number of anilines is 1. The van der Waals surface area contributed by atoms with E-state index in [1.165, 1.54) is 0 Å². The molecule has 0 fully saturated rings. The normalized spacial score (nSPS) is 13.1. The summed E-state index contributed by atoms with van der Waals surface area (Å²) in [5, 5.41) is 9.63. The quantitative estimate of drug-likeness (QED) is 0.778. The van der Waals surface area contributed by atoms with E-state index >= 15 is 0 Å². The summed E-state index contributed by atoms with van der Waals surface area (Å²) in [6.45, 7) is 4.06. The molecule has 0 amide bonds. The Hall–Kier alpha value is -1.09. The first-order valence-electron chi connectivity index (χ1n) is 5.47. The smallest absolute Gasteiger partial charge is 0.0563 e. The second-order valence-electron chi connectivity index (χ2n) is 4.28. The number of nitrogens with two attached hydrogens (primary N) is 1. The van der Waals surface area contributed by atoms with E-state index < -0.39 is 0 Å². The molecule has 0 saturated carbocycles. The van der Waals surface area contributed by atoms with Crippen LogP contribution >= 0.6 is 0 Å². The summed E-state index contributed by atoms with van der Waals surface area (Å²) >= 11 is 0. The third-order valence-electron chi connectivity index (χ3n) is 2.66. The maximum Gasteiger partial charge on any atom is 0.0563 e. The van der Waals surface area contributed by atoms with Gasteiger partial charge >= 0.3 is 0 Å². The molecular formula is C12H20N2O. The molecule has 0 bridgehead atoms. The van der Waals surface area contributed by atoms with Gasteiger partial charge in [0.15, 0.2) is 0 Å². The molecule has 3 N–H and O–H groups in total. The minimum absolute atomic E-state index is 0.206. The number of nitrogens with zero attached hydrogens (tertiary/aromatic N) is 1. The van der Waals surface area contributed by atoms with E-state index in [1.807, 2.05) is 19.9 Å². The second-order valence-corrected chi connectivity index (χ2v) is 4.28. The van der Waals surface area contributed by atoms with Crippen LogP contribution in [0.25, 0.3) is 0 Å². The molecule has 1 aromatic heterocycles. The molecule has 1 aromatic rings. The standard InChI is InChI=1S/C12H20N2O/c1-9(2)12(15)5-3-4-10-8-14-7-6-11(10)13/h6-9,12,15H,3-5H2,1-2H3,(H2,13,14). The van der Waals surface area contributed by atoms with E-state index in [2.05, 4.69) is 4.98 Å². The molecule has 84 valence electrons. The van der Waals surface area contributed by atoms with Crippen LogP contribution in [0.15, 0.2) is 18.5 Å². The van der Waals surface area contributed by atoms with Crippen molar-refractivity contribution in [2.24, 2.45) is 5.92 Å². The van der Waals surface area contributed by atoms with Gasteiger partial charge < -0.3 is 10.8 Å². The topological polar surface area (TPSA) is 59.1 Å². The Bertz CT molecular complexity index is 299. The number of hydrogen-bond donors (Lipinski definition) is 2. The number of aromatic nitrogens is 1. The van der Waals surface area contributed by atoms with E-state index in [-0.39, 0.29) is 6.10 Å².